The standard InChI is InChI=1S/C17H23N3O2/c1-12-6-5-10-20-15(13(2)18-16(12)20)17(22)19-9-4-3-7-14(19)8-11-21/h5-6,10,14,21H,3-4,7-9,11H2,1-2H3. The minimum absolute atomic E-state index is 0.0359. The van der Waals surface area contributed by atoms with E-state index in [1.54, 1.807) is 0 Å². The van der Waals surface area contributed by atoms with Crippen molar-refractivity contribution in [1.29, 1.82) is 0 Å². The van der Waals surface area contributed by atoms with Gasteiger partial charge in [0.15, 0.2) is 0 Å². The molecule has 1 aliphatic rings. The number of likely N-dealkylation sites (tertiary alicyclic amines) is 1. The predicted molar refractivity (Wildman–Crippen MR) is 85.0 cm³/mol. The van der Waals surface area contributed by atoms with Crippen molar-refractivity contribution < 1.29 is 9.90 Å². The summed E-state index contributed by atoms with van der Waals surface area (Å²) in [6.07, 6.45) is 5.68. The summed E-state index contributed by atoms with van der Waals surface area (Å²) in [6, 6.07) is 4.09. The van der Waals surface area contributed by atoms with Gasteiger partial charge < -0.3 is 10.0 Å². The summed E-state index contributed by atoms with van der Waals surface area (Å²) in [6.45, 7) is 4.79. The van der Waals surface area contributed by atoms with Crippen LogP contribution in [0.1, 0.15) is 47.4 Å². The third kappa shape index (κ3) is 2.50. The van der Waals surface area contributed by atoms with Gasteiger partial charge in [-0.25, -0.2) is 4.98 Å². The average molecular weight is 301 g/mol. The molecule has 5 nitrogen and oxygen atoms in total. The molecule has 1 saturated heterocycles. The molecule has 1 unspecified atom stereocenters. The number of aliphatic hydroxyl groups is 1. The number of aliphatic hydroxyl groups excluding tert-OH is 1. The van der Waals surface area contributed by atoms with Crippen molar-refractivity contribution in [3.63, 3.8) is 0 Å². The molecule has 1 aliphatic heterocycles. The molecule has 5 heteroatoms. The summed E-state index contributed by atoms with van der Waals surface area (Å²) in [7, 11) is 0. The average Bonchev–Trinajstić information content (AvgIpc) is 2.85. The van der Waals surface area contributed by atoms with E-state index in [9.17, 15) is 9.90 Å². The monoisotopic (exact) mass is 301 g/mol. The molecule has 3 heterocycles. The first-order valence-corrected chi connectivity index (χ1v) is 7.99. The van der Waals surface area contributed by atoms with E-state index in [4.69, 9.17) is 0 Å². The number of hydrogen-bond acceptors (Lipinski definition) is 3. The number of carbonyl (C=O) groups is 1. The normalized spacial score (nSPS) is 18.9. The van der Waals surface area contributed by atoms with Crippen LogP contribution in [0.4, 0.5) is 0 Å². The maximum Gasteiger partial charge on any atom is 0.273 e. The molecule has 22 heavy (non-hydrogen) atoms. The van der Waals surface area contributed by atoms with Crippen molar-refractivity contribution in [3.8, 4) is 0 Å². The van der Waals surface area contributed by atoms with Gasteiger partial charge in [0, 0.05) is 25.4 Å². The highest BCUT2D eigenvalue weighted by atomic mass is 16.3. The van der Waals surface area contributed by atoms with Gasteiger partial charge in [-0.05, 0) is 51.2 Å². The van der Waals surface area contributed by atoms with Gasteiger partial charge in [0.05, 0.1) is 5.69 Å². The van der Waals surface area contributed by atoms with E-state index in [2.05, 4.69) is 4.98 Å². The first kappa shape index (κ1) is 15.0. The number of piperidine rings is 1. The Labute approximate surface area is 130 Å². The molecule has 1 amide bonds. The van der Waals surface area contributed by atoms with Crippen molar-refractivity contribution in [2.75, 3.05) is 13.2 Å². The highest BCUT2D eigenvalue weighted by molar-refractivity contribution is 5.95. The Morgan fingerprint density at radius 3 is 3.00 bits per heavy atom. The summed E-state index contributed by atoms with van der Waals surface area (Å²) in [4.78, 5) is 19.6. The van der Waals surface area contributed by atoms with Gasteiger partial charge in [0.25, 0.3) is 5.91 Å². The molecule has 0 bridgehead atoms. The number of nitrogens with zero attached hydrogens (tertiary/aromatic N) is 3. The van der Waals surface area contributed by atoms with Crippen LogP contribution < -0.4 is 0 Å². The first-order chi connectivity index (χ1) is 10.6. The van der Waals surface area contributed by atoms with Gasteiger partial charge in [-0.3, -0.25) is 9.20 Å². The van der Waals surface area contributed by atoms with E-state index in [1.165, 1.54) is 0 Å². The van der Waals surface area contributed by atoms with Gasteiger partial charge in [-0.2, -0.15) is 0 Å². The molecule has 2 aromatic rings. The molecule has 1 atom stereocenters. The van der Waals surface area contributed by atoms with Gasteiger partial charge >= 0.3 is 0 Å². The van der Waals surface area contributed by atoms with Crippen molar-refractivity contribution in [3.05, 3.63) is 35.3 Å². The van der Waals surface area contributed by atoms with Crippen molar-refractivity contribution in [1.82, 2.24) is 14.3 Å². The van der Waals surface area contributed by atoms with Crippen LogP contribution in [0.5, 0.6) is 0 Å². The minimum atomic E-state index is 0.0359. The Morgan fingerprint density at radius 2 is 2.23 bits per heavy atom. The maximum absolute atomic E-state index is 13.1. The second-order valence-corrected chi connectivity index (χ2v) is 6.09. The molecule has 0 aromatic carbocycles. The molecular formula is C17H23N3O2. The Balaban J connectivity index is 2.01. The summed E-state index contributed by atoms with van der Waals surface area (Å²) >= 11 is 0. The maximum atomic E-state index is 13.1. The number of fused-ring (bicyclic) bond motifs is 1. The zero-order valence-corrected chi connectivity index (χ0v) is 13.2. The lowest BCUT2D eigenvalue weighted by molar-refractivity contribution is 0.0567. The third-order valence-corrected chi connectivity index (χ3v) is 4.57. The smallest absolute Gasteiger partial charge is 0.273 e. The van der Waals surface area contributed by atoms with E-state index >= 15 is 0 Å². The number of hydrogen-bond donors (Lipinski definition) is 1. The van der Waals surface area contributed by atoms with Crippen LogP contribution in [0, 0.1) is 13.8 Å². The summed E-state index contributed by atoms with van der Waals surface area (Å²) in [5, 5.41) is 9.26. The lowest BCUT2D eigenvalue weighted by Crippen LogP contribution is -2.44. The van der Waals surface area contributed by atoms with Crippen molar-refractivity contribution in [2.45, 2.75) is 45.6 Å². The second-order valence-electron chi connectivity index (χ2n) is 6.09. The Morgan fingerprint density at radius 1 is 1.41 bits per heavy atom. The van der Waals surface area contributed by atoms with Gasteiger partial charge in [-0.15, -0.1) is 0 Å². The van der Waals surface area contributed by atoms with Crippen LogP contribution in [0.15, 0.2) is 18.3 Å². The first-order valence-electron chi connectivity index (χ1n) is 7.99. The van der Waals surface area contributed by atoms with Crippen LogP contribution in [0.25, 0.3) is 5.65 Å². The van der Waals surface area contributed by atoms with Gasteiger partial charge in [0.2, 0.25) is 0 Å². The molecule has 2 aromatic heterocycles. The topological polar surface area (TPSA) is 57.8 Å². The highest BCUT2D eigenvalue weighted by Crippen LogP contribution is 2.24. The lowest BCUT2D eigenvalue weighted by Gasteiger charge is -2.35. The number of pyridine rings is 1. The number of aromatic nitrogens is 2. The fraction of sp³-hybridized carbons (Fsp3) is 0.529. The highest BCUT2D eigenvalue weighted by Gasteiger charge is 2.30. The predicted octanol–water partition coefficient (Wildman–Crippen LogP) is 2.33. The van der Waals surface area contributed by atoms with Crippen molar-refractivity contribution in [2.24, 2.45) is 0 Å². The molecule has 118 valence electrons. The van der Waals surface area contributed by atoms with Crippen LogP contribution in [-0.4, -0.2) is 44.5 Å². The second kappa shape index (κ2) is 6.08. The zero-order valence-electron chi connectivity index (χ0n) is 13.2. The van der Waals surface area contributed by atoms with E-state index in [1.807, 2.05) is 41.5 Å². The third-order valence-electron chi connectivity index (χ3n) is 4.57. The fourth-order valence-corrected chi connectivity index (χ4v) is 3.43. The summed E-state index contributed by atoms with van der Waals surface area (Å²) < 4.78 is 1.90. The number of carbonyl (C=O) groups excluding carboxylic acids is 1. The Bertz CT molecular complexity index is 691. The largest absolute Gasteiger partial charge is 0.396 e. The molecule has 0 saturated carbocycles. The van der Waals surface area contributed by atoms with Gasteiger partial charge in [0.1, 0.15) is 11.3 Å². The Kier molecular flexibility index (Phi) is 4.16. The van der Waals surface area contributed by atoms with Crippen molar-refractivity contribution >= 4 is 11.6 Å². The van der Waals surface area contributed by atoms with Crippen LogP contribution in [0.3, 0.4) is 0 Å². The van der Waals surface area contributed by atoms with E-state index in [0.29, 0.717) is 12.1 Å². The lowest BCUT2D eigenvalue weighted by atomic mass is 9.99. The van der Waals surface area contributed by atoms with E-state index in [0.717, 1.165) is 42.7 Å². The molecule has 1 fully saturated rings. The minimum Gasteiger partial charge on any atom is -0.396 e. The van der Waals surface area contributed by atoms with Crippen LogP contribution in [-0.2, 0) is 0 Å². The van der Waals surface area contributed by atoms with Gasteiger partial charge in [-0.1, -0.05) is 6.07 Å². The molecular weight excluding hydrogens is 278 g/mol. The number of rotatable bonds is 3. The fourth-order valence-electron chi connectivity index (χ4n) is 3.43. The number of imidazole rings is 1. The number of aryl methyl sites for hydroxylation is 2. The SMILES string of the molecule is Cc1nc2c(C)cccn2c1C(=O)N1CCCCC1CCO. The van der Waals surface area contributed by atoms with E-state index < -0.39 is 0 Å². The van der Waals surface area contributed by atoms with Crippen LogP contribution >= 0.6 is 0 Å². The summed E-state index contributed by atoms with van der Waals surface area (Å²) in [5.74, 6) is 0.0359. The molecule has 0 radical (unpaired) electrons. The molecule has 3 rings (SSSR count). The van der Waals surface area contributed by atoms with E-state index in [-0.39, 0.29) is 18.6 Å². The quantitative estimate of drug-likeness (QED) is 0.946. The molecule has 0 spiro atoms. The molecule has 1 N–H and O–H groups in total. The molecule has 0 aliphatic carbocycles. The van der Waals surface area contributed by atoms with Crippen LogP contribution in [0.2, 0.25) is 0 Å². The number of amides is 1. The zero-order chi connectivity index (χ0) is 15.7. The summed E-state index contributed by atoms with van der Waals surface area (Å²) in [5.41, 5.74) is 3.34. The Hall–Kier alpha value is -1.88.